The van der Waals surface area contributed by atoms with Crippen molar-refractivity contribution < 1.29 is 4.79 Å². The Bertz CT molecular complexity index is 326. The summed E-state index contributed by atoms with van der Waals surface area (Å²) in [5.74, 6) is 1.32. The Hall–Kier alpha value is -0.710. The van der Waals surface area contributed by atoms with Crippen molar-refractivity contribution in [2.75, 3.05) is 18.8 Å². The molecule has 2 rings (SSSR count). The summed E-state index contributed by atoms with van der Waals surface area (Å²) < 4.78 is 0. The summed E-state index contributed by atoms with van der Waals surface area (Å²) in [5, 5.41) is 4.23. The first-order valence-electron chi connectivity index (χ1n) is 6.96. The minimum absolute atomic E-state index is 0.148. The molecule has 2 aliphatic rings. The van der Waals surface area contributed by atoms with E-state index in [0.29, 0.717) is 6.04 Å². The van der Waals surface area contributed by atoms with Crippen LogP contribution in [-0.4, -0.2) is 46.9 Å². The van der Waals surface area contributed by atoms with E-state index in [2.05, 4.69) is 17.2 Å². The van der Waals surface area contributed by atoms with Crippen LogP contribution in [0.4, 0.5) is 0 Å². The van der Waals surface area contributed by atoms with Crippen molar-refractivity contribution >= 4 is 22.8 Å². The molecule has 2 atom stereocenters. The van der Waals surface area contributed by atoms with Crippen molar-refractivity contribution in [2.45, 2.75) is 51.6 Å². The number of amides is 1. The highest BCUT2D eigenvalue weighted by molar-refractivity contribution is 8.13. The summed E-state index contributed by atoms with van der Waals surface area (Å²) in [5.41, 5.74) is 0. The molecular formula is C13H23N3OS. The van der Waals surface area contributed by atoms with Crippen LogP contribution >= 0.6 is 11.8 Å². The Balaban J connectivity index is 1.88. The summed E-state index contributed by atoms with van der Waals surface area (Å²) in [7, 11) is 0. The van der Waals surface area contributed by atoms with Gasteiger partial charge in [-0.1, -0.05) is 18.7 Å². The lowest BCUT2D eigenvalue weighted by Crippen LogP contribution is -2.46. The van der Waals surface area contributed by atoms with Crippen molar-refractivity contribution in [3.8, 4) is 0 Å². The first-order valence-corrected chi connectivity index (χ1v) is 7.95. The molecule has 0 aromatic heterocycles. The number of hydrogen-bond acceptors (Lipinski definition) is 4. The predicted octanol–water partition coefficient (Wildman–Crippen LogP) is 1.86. The van der Waals surface area contributed by atoms with Gasteiger partial charge in [0.1, 0.15) is 6.04 Å². The fourth-order valence-electron chi connectivity index (χ4n) is 2.39. The highest BCUT2D eigenvalue weighted by Gasteiger charge is 2.24. The van der Waals surface area contributed by atoms with Gasteiger partial charge in [0.05, 0.1) is 6.04 Å². The number of thioether (sulfide) groups is 1. The van der Waals surface area contributed by atoms with Crippen molar-refractivity contribution in [2.24, 2.45) is 4.99 Å². The number of rotatable bonds is 3. The van der Waals surface area contributed by atoms with Gasteiger partial charge in [0.25, 0.3) is 0 Å². The lowest BCUT2D eigenvalue weighted by atomic mass is 10.2. The first kappa shape index (κ1) is 13.7. The minimum atomic E-state index is -0.148. The largest absolute Gasteiger partial charge is 0.353 e. The standard InChI is InChI=1S/C13H23N3OS/c1-3-11-6-9-18-13(15-11)14-10(2)12(17)16-7-4-5-8-16/h10-11H,3-9H2,1-2H3,(H,14,15). The molecule has 0 aliphatic carbocycles. The van der Waals surface area contributed by atoms with E-state index in [1.54, 1.807) is 11.8 Å². The third kappa shape index (κ3) is 3.40. The number of carbonyl (C=O) groups is 1. The van der Waals surface area contributed by atoms with Gasteiger partial charge < -0.3 is 10.2 Å². The molecule has 0 aromatic carbocycles. The molecule has 2 aliphatic heterocycles. The first-order chi connectivity index (χ1) is 8.70. The van der Waals surface area contributed by atoms with E-state index in [1.165, 1.54) is 0 Å². The molecule has 0 bridgehead atoms. The normalized spacial score (nSPS) is 25.8. The molecule has 0 saturated carbocycles. The Morgan fingerprint density at radius 1 is 1.56 bits per heavy atom. The molecule has 1 N–H and O–H groups in total. The number of nitrogens with zero attached hydrogens (tertiary/aromatic N) is 2. The molecule has 2 unspecified atom stereocenters. The number of likely N-dealkylation sites (tertiary alicyclic amines) is 1. The van der Waals surface area contributed by atoms with Crippen LogP contribution in [0.1, 0.15) is 39.5 Å². The summed E-state index contributed by atoms with van der Waals surface area (Å²) in [4.78, 5) is 18.8. The van der Waals surface area contributed by atoms with Gasteiger partial charge in [-0.2, -0.15) is 0 Å². The molecule has 0 aromatic rings. The van der Waals surface area contributed by atoms with Gasteiger partial charge in [-0.3, -0.25) is 9.79 Å². The predicted molar refractivity (Wildman–Crippen MR) is 77.0 cm³/mol. The Labute approximate surface area is 114 Å². The second-order valence-electron chi connectivity index (χ2n) is 5.03. The van der Waals surface area contributed by atoms with E-state index in [4.69, 9.17) is 0 Å². The fourth-order valence-corrected chi connectivity index (χ4v) is 3.46. The molecule has 0 radical (unpaired) electrons. The lowest BCUT2D eigenvalue weighted by molar-refractivity contribution is -0.131. The number of amidine groups is 1. The SMILES string of the molecule is CCC1CCSC(NC(C)C(=O)N2CCCC2)=N1. The van der Waals surface area contributed by atoms with Crippen LogP contribution in [0.15, 0.2) is 4.99 Å². The molecule has 2 heterocycles. The Morgan fingerprint density at radius 3 is 2.94 bits per heavy atom. The van der Waals surface area contributed by atoms with E-state index in [0.717, 1.165) is 49.7 Å². The molecule has 0 spiro atoms. The van der Waals surface area contributed by atoms with E-state index in [1.807, 2.05) is 11.8 Å². The molecule has 4 nitrogen and oxygen atoms in total. The highest BCUT2D eigenvalue weighted by atomic mass is 32.2. The molecule has 1 amide bonds. The van der Waals surface area contributed by atoms with Crippen molar-refractivity contribution in [1.29, 1.82) is 0 Å². The number of hydrogen-bond donors (Lipinski definition) is 1. The number of carbonyl (C=O) groups excluding carboxylic acids is 1. The van der Waals surface area contributed by atoms with Gasteiger partial charge in [-0.05, 0) is 32.6 Å². The molecular weight excluding hydrogens is 246 g/mol. The third-order valence-electron chi connectivity index (χ3n) is 3.59. The van der Waals surface area contributed by atoms with Crippen LogP contribution < -0.4 is 5.32 Å². The van der Waals surface area contributed by atoms with Gasteiger partial charge in [0, 0.05) is 18.8 Å². The molecule has 1 fully saturated rings. The van der Waals surface area contributed by atoms with E-state index < -0.39 is 0 Å². The topological polar surface area (TPSA) is 44.7 Å². The van der Waals surface area contributed by atoms with Crippen LogP contribution in [-0.2, 0) is 4.79 Å². The van der Waals surface area contributed by atoms with Crippen molar-refractivity contribution in [3.05, 3.63) is 0 Å². The average Bonchev–Trinajstić information content (AvgIpc) is 2.92. The monoisotopic (exact) mass is 269 g/mol. The van der Waals surface area contributed by atoms with Crippen LogP contribution in [0.25, 0.3) is 0 Å². The molecule has 102 valence electrons. The Kier molecular flexibility index (Phi) is 4.92. The highest BCUT2D eigenvalue weighted by Crippen LogP contribution is 2.19. The maximum atomic E-state index is 12.2. The van der Waals surface area contributed by atoms with E-state index in [-0.39, 0.29) is 11.9 Å². The average molecular weight is 269 g/mol. The summed E-state index contributed by atoms with van der Waals surface area (Å²) >= 11 is 1.74. The second kappa shape index (κ2) is 6.45. The van der Waals surface area contributed by atoms with Crippen LogP contribution in [0.2, 0.25) is 0 Å². The second-order valence-corrected chi connectivity index (χ2v) is 6.12. The quantitative estimate of drug-likeness (QED) is 0.850. The zero-order valence-electron chi connectivity index (χ0n) is 11.3. The maximum Gasteiger partial charge on any atom is 0.244 e. The van der Waals surface area contributed by atoms with Crippen LogP contribution in [0.3, 0.4) is 0 Å². The van der Waals surface area contributed by atoms with Gasteiger partial charge in [-0.15, -0.1) is 0 Å². The number of nitrogens with one attached hydrogen (secondary N) is 1. The van der Waals surface area contributed by atoms with Gasteiger partial charge in [0.2, 0.25) is 5.91 Å². The summed E-state index contributed by atoms with van der Waals surface area (Å²) in [6, 6.07) is 0.285. The van der Waals surface area contributed by atoms with Gasteiger partial charge in [-0.25, -0.2) is 0 Å². The van der Waals surface area contributed by atoms with E-state index in [9.17, 15) is 4.79 Å². The van der Waals surface area contributed by atoms with Crippen molar-refractivity contribution in [3.63, 3.8) is 0 Å². The zero-order valence-corrected chi connectivity index (χ0v) is 12.1. The molecule has 18 heavy (non-hydrogen) atoms. The van der Waals surface area contributed by atoms with Crippen LogP contribution in [0, 0.1) is 0 Å². The number of aliphatic imine (C=N–C) groups is 1. The third-order valence-corrected chi connectivity index (χ3v) is 4.53. The fraction of sp³-hybridized carbons (Fsp3) is 0.846. The lowest BCUT2D eigenvalue weighted by Gasteiger charge is -2.25. The van der Waals surface area contributed by atoms with Gasteiger partial charge >= 0.3 is 0 Å². The molecule has 1 saturated heterocycles. The van der Waals surface area contributed by atoms with Crippen LogP contribution in [0.5, 0.6) is 0 Å². The Morgan fingerprint density at radius 2 is 2.28 bits per heavy atom. The minimum Gasteiger partial charge on any atom is -0.353 e. The smallest absolute Gasteiger partial charge is 0.244 e. The van der Waals surface area contributed by atoms with E-state index >= 15 is 0 Å². The summed E-state index contributed by atoms with van der Waals surface area (Å²) in [6.07, 6.45) is 4.53. The zero-order chi connectivity index (χ0) is 13.0. The molecule has 5 heteroatoms. The summed E-state index contributed by atoms with van der Waals surface area (Å²) in [6.45, 7) is 5.95. The maximum absolute atomic E-state index is 12.2. The van der Waals surface area contributed by atoms with Crippen molar-refractivity contribution in [1.82, 2.24) is 10.2 Å². The van der Waals surface area contributed by atoms with Gasteiger partial charge in [0.15, 0.2) is 5.17 Å².